The number of ether oxygens (including phenoxy) is 1. The summed E-state index contributed by atoms with van der Waals surface area (Å²) in [5, 5.41) is 4.11. The predicted octanol–water partition coefficient (Wildman–Crippen LogP) is 7.85. The highest BCUT2D eigenvalue weighted by molar-refractivity contribution is 6.74. The smallest absolute Gasteiger partial charge is 0.232 e. The summed E-state index contributed by atoms with van der Waals surface area (Å²) in [5.74, 6) is 0.969. The van der Waals surface area contributed by atoms with Crippen molar-refractivity contribution in [3.8, 4) is 5.75 Å². The lowest BCUT2D eigenvalue weighted by molar-refractivity contribution is -0.163. The lowest BCUT2D eigenvalue weighted by Gasteiger charge is -2.60. The highest BCUT2D eigenvalue weighted by atomic mass is 28.4. The molecule has 2 bridgehead atoms. The number of amides is 1. The van der Waals surface area contributed by atoms with Crippen LogP contribution in [0, 0.1) is 5.92 Å². The third-order valence-corrected chi connectivity index (χ3v) is 20.2. The molecule has 41 heavy (non-hydrogen) atoms. The van der Waals surface area contributed by atoms with E-state index in [2.05, 4.69) is 81.7 Å². The Balaban J connectivity index is 1.83. The maximum atomic E-state index is 14.1. The second-order valence-corrected chi connectivity index (χ2v) is 23.6. The molecular formula is C31H52N4O4Si2. The molecule has 1 aromatic rings. The van der Waals surface area contributed by atoms with E-state index in [1.807, 2.05) is 12.1 Å². The molecule has 2 heterocycles. The minimum atomic E-state index is -2.05. The summed E-state index contributed by atoms with van der Waals surface area (Å²) in [6, 6.07) is 10.5. The number of hydrogen-bond acceptors (Lipinski definition) is 5. The second-order valence-electron chi connectivity index (χ2n) is 14.1. The van der Waals surface area contributed by atoms with Gasteiger partial charge >= 0.3 is 0 Å². The number of rotatable bonds is 11. The molecule has 1 spiro atoms. The van der Waals surface area contributed by atoms with Gasteiger partial charge in [0.05, 0.1) is 25.4 Å². The molecule has 0 unspecified atom stereocenters. The van der Waals surface area contributed by atoms with Crippen molar-refractivity contribution in [3.63, 3.8) is 0 Å². The number of carbonyl (C=O) groups excluding carboxylic acids is 1. The van der Waals surface area contributed by atoms with Gasteiger partial charge in [-0.15, -0.1) is 0 Å². The fourth-order valence-electron chi connectivity index (χ4n) is 7.44. The van der Waals surface area contributed by atoms with Crippen molar-refractivity contribution in [3.05, 3.63) is 40.3 Å². The van der Waals surface area contributed by atoms with Gasteiger partial charge in [-0.05, 0) is 91.6 Å². The highest BCUT2D eigenvalue weighted by Gasteiger charge is 2.64. The van der Waals surface area contributed by atoms with Crippen molar-refractivity contribution < 1.29 is 18.4 Å². The molecule has 0 N–H and O–H groups in total. The molecule has 2 aliphatic heterocycles. The minimum Gasteiger partial charge on any atom is -0.497 e. The fraction of sp³-hybridized carbons (Fsp3) is 0.774. The van der Waals surface area contributed by atoms with Crippen LogP contribution in [0.15, 0.2) is 29.4 Å². The van der Waals surface area contributed by atoms with Crippen molar-refractivity contribution in [2.75, 3.05) is 7.11 Å². The zero-order valence-corrected chi connectivity index (χ0v) is 28.8. The number of carbonyl (C=O) groups is 1. The molecule has 3 aliphatic rings. The Bertz CT molecular complexity index is 1120. The maximum Gasteiger partial charge on any atom is 0.232 e. The Morgan fingerprint density at radius 1 is 1.07 bits per heavy atom. The van der Waals surface area contributed by atoms with E-state index in [4.69, 9.17) is 13.6 Å². The fourth-order valence-corrected chi connectivity index (χ4v) is 11.7. The van der Waals surface area contributed by atoms with Gasteiger partial charge in [-0.2, -0.15) is 0 Å². The lowest BCUT2D eigenvalue weighted by atomic mass is 9.65. The minimum absolute atomic E-state index is 0.0334. The number of methoxy groups -OCH3 is 1. The first-order valence-corrected chi connectivity index (χ1v) is 21.1. The van der Waals surface area contributed by atoms with Crippen molar-refractivity contribution >= 4 is 22.5 Å². The zero-order valence-electron chi connectivity index (χ0n) is 26.8. The largest absolute Gasteiger partial charge is 0.497 e. The van der Waals surface area contributed by atoms with Crippen LogP contribution in [-0.4, -0.2) is 64.4 Å². The Labute approximate surface area is 249 Å². The van der Waals surface area contributed by atoms with Gasteiger partial charge in [-0.25, -0.2) is 0 Å². The average molecular weight is 601 g/mol. The SMILES string of the molecule is CC[Si](CC)(CC)O[C@H]1[C@@H]2C[C@]3(CC[C@H]2O[Si](C)(C)C(C)(C)C)C[C@@H](N=[N+]=[N-])C(=O)N3[C@@H]1Cc1ccc(OC)cc1. The van der Waals surface area contributed by atoms with Crippen LogP contribution in [0.4, 0.5) is 0 Å². The van der Waals surface area contributed by atoms with Crippen LogP contribution in [0.5, 0.6) is 5.75 Å². The molecule has 1 aromatic carbocycles. The summed E-state index contributed by atoms with van der Waals surface area (Å²) >= 11 is 0. The molecule has 1 amide bonds. The molecule has 3 fully saturated rings. The van der Waals surface area contributed by atoms with Gasteiger partial charge in [0, 0.05) is 16.4 Å². The Morgan fingerprint density at radius 2 is 1.71 bits per heavy atom. The molecule has 1 aliphatic carbocycles. The summed E-state index contributed by atoms with van der Waals surface area (Å²) in [7, 11) is -2.42. The van der Waals surface area contributed by atoms with E-state index in [1.165, 1.54) is 0 Å². The van der Waals surface area contributed by atoms with Crippen molar-refractivity contribution in [2.45, 2.75) is 140 Å². The molecule has 0 aromatic heterocycles. The lowest BCUT2D eigenvalue weighted by Crippen LogP contribution is -2.70. The Hall–Kier alpha value is -1.85. The van der Waals surface area contributed by atoms with Crippen LogP contribution >= 0.6 is 0 Å². The summed E-state index contributed by atoms with van der Waals surface area (Å²) in [5.41, 5.74) is 10.2. The van der Waals surface area contributed by atoms with Crippen LogP contribution in [0.25, 0.3) is 10.4 Å². The van der Waals surface area contributed by atoms with E-state index in [1.54, 1.807) is 7.11 Å². The van der Waals surface area contributed by atoms with Crippen molar-refractivity contribution in [1.29, 1.82) is 0 Å². The van der Waals surface area contributed by atoms with E-state index < -0.39 is 22.7 Å². The van der Waals surface area contributed by atoms with Crippen LogP contribution in [0.2, 0.25) is 36.3 Å². The molecule has 2 saturated heterocycles. The monoisotopic (exact) mass is 600 g/mol. The van der Waals surface area contributed by atoms with E-state index in [-0.39, 0.29) is 40.7 Å². The first-order chi connectivity index (χ1) is 19.3. The topological polar surface area (TPSA) is 96.8 Å². The number of piperidine rings is 1. The molecule has 1 saturated carbocycles. The van der Waals surface area contributed by atoms with Gasteiger partial charge < -0.3 is 18.5 Å². The first-order valence-electron chi connectivity index (χ1n) is 15.6. The Morgan fingerprint density at radius 3 is 2.24 bits per heavy atom. The molecule has 8 nitrogen and oxygen atoms in total. The average Bonchev–Trinajstić information content (AvgIpc) is 3.20. The maximum absolute atomic E-state index is 14.1. The molecule has 0 radical (unpaired) electrons. The Kier molecular flexibility index (Phi) is 9.42. The van der Waals surface area contributed by atoms with E-state index in [0.717, 1.165) is 48.7 Å². The zero-order chi connectivity index (χ0) is 30.2. The van der Waals surface area contributed by atoms with Gasteiger partial charge in [-0.1, -0.05) is 58.8 Å². The second kappa shape index (κ2) is 12.0. The van der Waals surface area contributed by atoms with Gasteiger partial charge in [0.1, 0.15) is 11.8 Å². The van der Waals surface area contributed by atoms with Gasteiger partial charge in [0.2, 0.25) is 5.91 Å². The van der Waals surface area contributed by atoms with Crippen LogP contribution in [0.3, 0.4) is 0 Å². The summed E-state index contributed by atoms with van der Waals surface area (Å²) in [6.07, 6.45) is 3.87. The molecule has 4 rings (SSSR count). The number of nitrogens with zero attached hydrogens (tertiary/aromatic N) is 4. The van der Waals surface area contributed by atoms with Crippen LogP contribution in [0.1, 0.15) is 72.8 Å². The van der Waals surface area contributed by atoms with Gasteiger partial charge in [-0.3, -0.25) is 4.79 Å². The number of hydrogen-bond donors (Lipinski definition) is 0. The van der Waals surface area contributed by atoms with Crippen LogP contribution < -0.4 is 4.74 Å². The van der Waals surface area contributed by atoms with Crippen molar-refractivity contribution in [1.82, 2.24) is 4.90 Å². The quantitative estimate of drug-likeness (QED) is 0.112. The van der Waals surface area contributed by atoms with E-state index >= 15 is 0 Å². The molecule has 228 valence electrons. The molecular weight excluding hydrogens is 549 g/mol. The molecule has 10 heteroatoms. The van der Waals surface area contributed by atoms with Crippen molar-refractivity contribution in [2.24, 2.45) is 11.0 Å². The first kappa shape index (κ1) is 32.1. The van der Waals surface area contributed by atoms with E-state index in [0.29, 0.717) is 12.8 Å². The summed E-state index contributed by atoms with van der Waals surface area (Å²) in [6.45, 7) is 18.4. The van der Waals surface area contributed by atoms with E-state index in [9.17, 15) is 10.3 Å². The van der Waals surface area contributed by atoms with Gasteiger partial charge in [0.15, 0.2) is 16.6 Å². The number of fused-ring (bicyclic) bond motifs is 1. The standard InChI is InChI=1S/C31H52N4O4Si2/c1-10-41(11-2,12-3)39-28-24-20-31(18-17-27(24)38-40(8,9)30(4,5)6)21-25(33-34-32)29(36)35(31)26(28)19-22-13-15-23(37-7)16-14-22/h13-16,24-28H,10-12,17-21H2,1-9H3/t24-,25-,26-,27-,28+,31-/m1/s1. The third kappa shape index (κ3) is 6.00. The highest BCUT2D eigenvalue weighted by Crippen LogP contribution is 2.55. The van der Waals surface area contributed by atoms with Gasteiger partial charge in [0.25, 0.3) is 0 Å². The normalized spacial score (nSPS) is 30.1. The number of benzene rings is 1. The van der Waals surface area contributed by atoms with Crippen LogP contribution in [-0.2, 0) is 20.1 Å². The number of azide groups is 1. The predicted molar refractivity (Wildman–Crippen MR) is 169 cm³/mol. The third-order valence-electron chi connectivity index (χ3n) is 11.1. The molecule has 6 atom stereocenters. The summed E-state index contributed by atoms with van der Waals surface area (Å²) in [4.78, 5) is 19.3. The summed E-state index contributed by atoms with van der Waals surface area (Å²) < 4.78 is 20.1.